The van der Waals surface area contributed by atoms with Gasteiger partial charge in [-0.1, -0.05) is 18.2 Å². The number of rotatable bonds is 9. The number of benzene rings is 2. The van der Waals surface area contributed by atoms with Crippen LogP contribution in [0, 0.1) is 0 Å². The summed E-state index contributed by atoms with van der Waals surface area (Å²) in [7, 11) is 3.43. The van der Waals surface area contributed by atoms with E-state index in [4.69, 9.17) is 14.2 Å². The molecule has 4 heteroatoms. The highest BCUT2D eigenvalue weighted by molar-refractivity contribution is 5.51. The van der Waals surface area contributed by atoms with Gasteiger partial charge >= 0.3 is 0 Å². The molecule has 0 bridgehead atoms. The minimum Gasteiger partial charge on any atom is -0.497 e. The Hall–Kier alpha value is -2.20. The Kier molecular flexibility index (Phi) is 6.78. The number of ether oxygens (including phenoxy) is 3. The van der Waals surface area contributed by atoms with Crippen molar-refractivity contribution in [3.8, 4) is 17.2 Å². The quantitative estimate of drug-likeness (QED) is 0.695. The van der Waals surface area contributed by atoms with Crippen molar-refractivity contribution in [3.63, 3.8) is 0 Å². The van der Waals surface area contributed by atoms with Gasteiger partial charge < -0.3 is 19.5 Å². The fraction of sp³-hybridized carbons (Fsp3) is 0.455. The van der Waals surface area contributed by atoms with Crippen molar-refractivity contribution in [2.75, 3.05) is 33.9 Å². The molecule has 2 aromatic carbocycles. The molecule has 140 valence electrons. The molecule has 0 fully saturated rings. The summed E-state index contributed by atoms with van der Waals surface area (Å²) in [6, 6.07) is 12.5. The fourth-order valence-corrected chi connectivity index (χ4v) is 3.49. The maximum atomic E-state index is 5.97. The van der Waals surface area contributed by atoms with E-state index < -0.39 is 0 Å². The summed E-state index contributed by atoms with van der Waals surface area (Å²) in [6.07, 6.45) is 5.75. The van der Waals surface area contributed by atoms with Gasteiger partial charge in [0, 0.05) is 12.1 Å². The largest absolute Gasteiger partial charge is 0.497 e. The molecule has 1 aliphatic rings. The van der Waals surface area contributed by atoms with Crippen LogP contribution in [0.1, 0.15) is 29.5 Å². The first kappa shape index (κ1) is 18.6. The number of hydrogen-bond donors (Lipinski definition) is 1. The monoisotopic (exact) mass is 355 g/mol. The third kappa shape index (κ3) is 4.70. The van der Waals surface area contributed by atoms with Gasteiger partial charge in [0.2, 0.25) is 0 Å². The molecule has 3 rings (SSSR count). The van der Waals surface area contributed by atoms with Crippen LogP contribution in [0.3, 0.4) is 0 Å². The first-order chi connectivity index (χ1) is 12.8. The number of fused-ring (bicyclic) bond motifs is 1. The Morgan fingerprint density at radius 2 is 1.69 bits per heavy atom. The molecule has 26 heavy (non-hydrogen) atoms. The molecule has 1 N–H and O–H groups in total. The minimum absolute atomic E-state index is 0.637. The molecule has 0 amide bonds. The third-order valence-electron chi connectivity index (χ3n) is 4.93. The van der Waals surface area contributed by atoms with Crippen molar-refractivity contribution in [1.82, 2.24) is 5.32 Å². The molecule has 0 aromatic heterocycles. The summed E-state index contributed by atoms with van der Waals surface area (Å²) in [5.74, 6) is 2.69. The SMILES string of the molecule is COc1ccc(CCNCCOc2ccc3c(c2OC)CCCC3)cc1. The van der Waals surface area contributed by atoms with Crippen molar-refractivity contribution >= 4 is 0 Å². The number of aryl methyl sites for hydroxylation is 1. The average Bonchev–Trinajstić information content (AvgIpc) is 2.70. The summed E-state index contributed by atoms with van der Waals surface area (Å²) in [6.45, 7) is 2.38. The number of hydrogen-bond acceptors (Lipinski definition) is 4. The molecular formula is C22H29NO3. The molecule has 0 radical (unpaired) electrons. The molecule has 0 spiro atoms. The zero-order chi connectivity index (χ0) is 18.2. The van der Waals surface area contributed by atoms with Crippen LogP contribution in [-0.4, -0.2) is 33.9 Å². The van der Waals surface area contributed by atoms with Crippen molar-refractivity contribution in [1.29, 1.82) is 0 Å². The van der Waals surface area contributed by atoms with E-state index in [1.54, 1.807) is 14.2 Å². The van der Waals surface area contributed by atoms with E-state index >= 15 is 0 Å². The lowest BCUT2D eigenvalue weighted by Crippen LogP contribution is -2.23. The predicted octanol–water partition coefficient (Wildman–Crippen LogP) is 3.79. The van der Waals surface area contributed by atoms with Crippen LogP contribution < -0.4 is 19.5 Å². The molecule has 0 saturated heterocycles. The highest BCUT2D eigenvalue weighted by atomic mass is 16.5. The van der Waals surface area contributed by atoms with E-state index in [2.05, 4.69) is 29.6 Å². The molecule has 4 nitrogen and oxygen atoms in total. The van der Waals surface area contributed by atoms with Gasteiger partial charge in [-0.25, -0.2) is 0 Å². The van der Waals surface area contributed by atoms with Crippen LogP contribution in [-0.2, 0) is 19.3 Å². The molecular weight excluding hydrogens is 326 g/mol. The van der Waals surface area contributed by atoms with Crippen LogP contribution in [0.15, 0.2) is 36.4 Å². The van der Waals surface area contributed by atoms with Gasteiger partial charge in [-0.15, -0.1) is 0 Å². The van der Waals surface area contributed by atoms with Crippen molar-refractivity contribution < 1.29 is 14.2 Å². The van der Waals surface area contributed by atoms with Crippen molar-refractivity contribution in [3.05, 3.63) is 53.1 Å². The Balaban J connectivity index is 1.42. The van der Waals surface area contributed by atoms with Crippen LogP contribution in [0.2, 0.25) is 0 Å². The maximum absolute atomic E-state index is 5.97. The number of methoxy groups -OCH3 is 2. The summed E-state index contributed by atoms with van der Waals surface area (Å²) in [5.41, 5.74) is 4.05. The first-order valence-electron chi connectivity index (χ1n) is 9.47. The summed E-state index contributed by atoms with van der Waals surface area (Å²) in [5, 5.41) is 3.44. The van der Waals surface area contributed by atoms with Crippen molar-refractivity contribution in [2.45, 2.75) is 32.1 Å². The third-order valence-corrected chi connectivity index (χ3v) is 4.93. The van der Waals surface area contributed by atoms with Crippen molar-refractivity contribution in [2.24, 2.45) is 0 Å². The second kappa shape index (κ2) is 9.48. The van der Waals surface area contributed by atoms with E-state index in [0.717, 1.165) is 49.6 Å². The van der Waals surface area contributed by atoms with Gasteiger partial charge in [0.05, 0.1) is 14.2 Å². The molecule has 0 unspecified atom stereocenters. The van der Waals surface area contributed by atoms with Crippen LogP contribution >= 0.6 is 0 Å². The Bertz CT molecular complexity index is 697. The Labute approximate surface area is 156 Å². The zero-order valence-corrected chi connectivity index (χ0v) is 15.8. The van der Waals surface area contributed by atoms with Crippen LogP contribution in [0.4, 0.5) is 0 Å². The highest BCUT2D eigenvalue weighted by Crippen LogP contribution is 2.37. The van der Waals surface area contributed by atoms with Crippen LogP contribution in [0.25, 0.3) is 0 Å². The molecule has 0 heterocycles. The topological polar surface area (TPSA) is 39.7 Å². The van der Waals surface area contributed by atoms with Gasteiger partial charge in [0.1, 0.15) is 12.4 Å². The maximum Gasteiger partial charge on any atom is 0.164 e. The molecule has 0 saturated carbocycles. The lowest BCUT2D eigenvalue weighted by Gasteiger charge is -2.21. The van der Waals surface area contributed by atoms with Crippen LogP contribution in [0.5, 0.6) is 17.2 Å². The average molecular weight is 355 g/mol. The van der Waals surface area contributed by atoms with Gasteiger partial charge in [-0.3, -0.25) is 0 Å². The normalized spacial score (nSPS) is 13.2. The Morgan fingerprint density at radius 1 is 0.885 bits per heavy atom. The van der Waals surface area contributed by atoms with Gasteiger partial charge in [0.25, 0.3) is 0 Å². The summed E-state index contributed by atoms with van der Waals surface area (Å²) in [4.78, 5) is 0. The standard InChI is InChI=1S/C22H29NO3/c1-24-19-10-7-17(8-11-19)13-14-23-15-16-26-21-12-9-18-5-3-4-6-20(18)22(21)25-2/h7-12,23H,3-6,13-16H2,1-2H3. The number of nitrogens with one attached hydrogen (secondary N) is 1. The molecule has 1 aliphatic carbocycles. The Morgan fingerprint density at radius 3 is 2.46 bits per heavy atom. The summed E-state index contributed by atoms with van der Waals surface area (Å²) < 4.78 is 16.8. The van der Waals surface area contributed by atoms with Gasteiger partial charge in [0.15, 0.2) is 11.5 Å². The highest BCUT2D eigenvalue weighted by Gasteiger charge is 2.17. The van der Waals surface area contributed by atoms with E-state index in [0.29, 0.717) is 6.61 Å². The summed E-state index contributed by atoms with van der Waals surface area (Å²) >= 11 is 0. The molecule has 0 atom stereocenters. The second-order valence-electron chi connectivity index (χ2n) is 6.64. The van der Waals surface area contributed by atoms with E-state index in [1.165, 1.54) is 29.5 Å². The van der Waals surface area contributed by atoms with Gasteiger partial charge in [-0.05, 0) is 68.0 Å². The fourth-order valence-electron chi connectivity index (χ4n) is 3.49. The first-order valence-corrected chi connectivity index (χ1v) is 9.47. The zero-order valence-electron chi connectivity index (χ0n) is 15.8. The smallest absolute Gasteiger partial charge is 0.164 e. The minimum atomic E-state index is 0.637. The predicted molar refractivity (Wildman–Crippen MR) is 105 cm³/mol. The molecule has 2 aromatic rings. The van der Waals surface area contributed by atoms with E-state index in [-0.39, 0.29) is 0 Å². The second-order valence-corrected chi connectivity index (χ2v) is 6.64. The van der Waals surface area contributed by atoms with E-state index in [1.807, 2.05) is 12.1 Å². The van der Waals surface area contributed by atoms with Gasteiger partial charge in [-0.2, -0.15) is 0 Å². The lowest BCUT2D eigenvalue weighted by molar-refractivity contribution is 0.290. The van der Waals surface area contributed by atoms with E-state index in [9.17, 15) is 0 Å². The molecule has 0 aliphatic heterocycles. The lowest BCUT2D eigenvalue weighted by atomic mass is 9.91.